The predicted molar refractivity (Wildman–Crippen MR) is 67.1 cm³/mol. The van der Waals surface area contributed by atoms with E-state index >= 15 is 0 Å². The van der Waals surface area contributed by atoms with E-state index in [0.29, 0.717) is 11.3 Å². The average molecular weight is 251 g/mol. The molecule has 0 saturated heterocycles. The van der Waals surface area contributed by atoms with Crippen LogP contribution in [0.15, 0.2) is 24.3 Å². The summed E-state index contributed by atoms with van der Waals surface area (Å²) in [7, 11) is 3.17. The predicted octanol–water partition coefficient (Wildman–Crippen LogP) is 1.28. The van der Waals surface area contributed by atoms with Crippen LogP contribution in [0.25, 0.3) is 0 Å². The number of benzene rings is 1. The van der Waals surface area contributed by atoms with Crippen molar-refractivity contribution in [3.8, 4) is 5.75 Å². The Morgan fingerprint density at radius 3 is 2.33 bits per heavy atom. The van der Waals surface area contributed by atoms with Crippen molar-refractivity contribution in [3.63, 3.8) is 0 Å². The Kier molecular flexibility index (Phi) is 4.85. The summed E-state index contributed by atoms with van der Waals surface area (Å²) in [6.07, 6.45) is 0. The minimum Gasteiger partial charge on any atom is -0.497 e. The van der Waals surface area contributed by atoms with E-state index < -0.39 is 12.0 Å². The molecule has 0 bridgehead atoms. The number of carboxylic acid groups (broad SMARTS) is 1. The first-order chi connectivity index (χ1) is 8.45. The van der Waals surface area contributed by atoms with Crippen molar-refractivity contribution in [3.05, 3.63) is 29.8 Å². The van der Waals surface area contributed by atoms with E-state index in [1.165, 1.54) is 4.90 Å². The first-order valence-electron chi connectivity index (χ1n) is 5.56. The average Bonchev–Trinajstić information content (AvgIpc) is 2.36. The van der Waals surface area contributed by atoms with Crippen LogP contribution in [0.1, 0.15) is 17.3 Å². The number of aliphatic carboxylic acids is 1. The maximum Gasteiger partial charge on any atom is 0.317 e. The number of carbonyl (C=O) groups excluding carboxylic acids is 1. The number of carbonyl (C=O) groups is 2. The molecule has 0 aliphatic carbocycles. The Balaban J connectivity index is 2.76. The molecule has 0 aromatic heterocycles. The first kappa shape index (κ1) is 14.2. The Morgan fingerprint density at radius 2 is 1.89 bits per heavy atom. The van der Waals surface area contributed by atoms with Crippen LogP contribution in [0.5, 0.6) is 5.75 Å². The van der Waals surface area contributed by atoms with Gasteiger partial charge < -0.3 is 9.84 Å². The van der Waals surface area contributed by atoms with Crippen LogP contribution in [0.4, 0.5) is 0 Å². The second kappa shape index (κ2) is 6.16. The fourth-order valence-corrected chi connectivity index (χ4v) is 1.55. The smallest absolute Gasteiger partial charge is 0.317 e. The molecule has 0 saturated carbocycles. The van der Waals surface area contributed by atoms with Crippen molar-refractivity contribution in [2.24, 2.45) is 0 Å². The van der Waals surface area contributed by atoms with E-state index in [0.717, 1.165) is 0 Å². The molecule has 0 aliphatic heterocycles. The maximum absolute atomic E-state index is 12.1. The van der Waals surface area contributed by atoms with Crippen LogP contribution in [0.3, 0.4) is 0 Å². The molecule has 1 rings (SSSR count). The van der Waals surface area contributed by atoms with Crippen LogP contribution in [0.2, 0.25) is 0 Å². The fourth-order valence-electron chi connectivity index (χ4n) is 1.55. The summed E-state index contributed by atoms with van der Waals surface area (Å²) in [4.78, 5) is 24.2. The van der Waals surface area contributed by atoms with Gasteiger partial charge in [0, 0.05) is 5.56 Å². The normalized spacial score (nSPS) is 12.2. The zero-order chi connectivity index (χ0) is 13.7. The van der Waals surface area contributed by atoms with Crippen molar-refractivity contribution in [1.29, 1.82) is 0 Å². The highest BCUT2D eigenvalue weighted by atomic mass is 16.5. The molecule has 1 aromatic rings. The molecule has 5 heteroatoms. The van der Waals surface area contributed by atoms with Crippen LogP contribution < -0.4 is 4.74 Å². The van der Waals surface area contributed by atoms with Crippen molar-refractivity contribution in [2.75, 3.05) is 20.7 Å². The third-order valence-corrected chi connectivity index (χ3v) is 2.80. The molecule has 1 aromatic carbocycles. The van der Waals surface area contributed by atoms with E-state index in [-0.39, 0.29) is 12.3 Å². The van der Waals surface area contributed by atoms with Gasteiger partial charge in [-0.3, -0.25) is 14.5 Å². The molecular formula is C13H17NO4. The van der Waals surface area contributed by atoms with Gasteiger partial charge in [0.1, 0.15) is 5.75 Å². The summed E-state index contributed by atoms with van der Waals surface area (Å²) in [5.74, 6) is -0.383. The summed E-state index contributed by atoms with van der Waals surface area (Å²) in [6.45, 7) is 1.53. The molecule has 98 valence electrons. The molecule has 18 heavy (non-hydrogen) atoms. The minimum atomic E-state index is -0.952. The number of Topliss-reactive ketones (excluding diaryl/α,β-unsaturated/α-hetero) is 1. The van der Waals surface area contributed by atoms with Crippen LogP contribution >= 0.6 is 0 Å². The van der Waals surface area contributed by atoms with Gasteiger partial charge in [-0.1, -0.05) is 0 Å². The lowest BCUT2D eigenvalue weighted by molar-refractivity contribution is -0.138. The molecule has 5 nitrogen and oxygen atoms in total. The summed E-state index contributed by atoms with van der Waals surface area (Å²) < 4.78 is 5.01. The maximum atomic E-state index is 12.1. The molecular weight excluding hydrogens is 234 g/mol. The topological polar surface area (TPSA) is 66.8 Å². The van der Waals surface area contributed by atoms with Crippen molar-refractivity contribution >= 4 is 11.8 Å². The number of hydrogen-bond acceptors (Lipinski definition) is 4. The molecule has 1 atom stereocenters. The molecule has 0 amide bonds. The van der Waals surface area contributed by atoms with Gasteiger partial charge >= 0.3 is 5.97 Å². The number of ketones is 1. The van der Waals surface area contributed by atoms with E-state index in [9.17, 15) is 9.59 Å². The Labute approximate surface area is 106 Å². The number of rotatable bonds is 6. The van der Waals surface area contributed by atoms with Crippen LogP contribution in [-0.2, 0) is 4.79 Å². The molecule has 1 unspecified atom stereocenters. The standard InChI is InChI=1S/C13H17NO4/c1-9(14(2)8-12(15)16)13(17)10-4-6-11(18-3)7-5-10/h4-7,9H,8H2,1-3H3,(H,15,16). The van der Waals surface area contributed by atoms with Crippen LogP contribution in [0, 0.1) is 0 Å². The lowest BCUT2D eigenvalue weighted by atomic mass is 10.0. The van der Waals surface area contributed by atoms with Gasteiger partial charge in [-0.05, 0) is 38.2 Å². The highest BCUT2D eigenvalue weighted by molar-refractivity contribution is 6.00. The first-order valence-corrected chi connectivity index (χ1v) is 5.56. The zero-order valence-electron chi connectivity index (χ0n) is 10.7. The van der Waals surface area contributed by atoms with Gasteiger partial charge in [0.2, 0.25) is 0 Å². The van der Waals surface area contributed by atoms with Gasteiger partial charge in [-0.25, -0.2) is 0 Å². The van der Waals surface area contributed by atoms with Gasteiger partial charge in [0.15, 0.2) is 5.78 Å². The SMILES string of the molecule is COc1ccc(C(=O)C(C)N(C)CC(=O)O)cc1. The fraction of sp³-hybridized carbons (Fsp3) is 0.385. The molecule has 0 radical (unpaired) electrons. The van der Waals surface area contributed by atoms with Gasteiger partial charge in [0.25, 0.3) is 0 Å². The monoisotopic (exact) mass is 251 g/mol. The van der Waals surface area contributed by atoms with Crippen molar-refractivity contribution < 1.29 is 19.4 Å². The summed E-state index contributed by atoms with van der Waals surface area (Å²) in [6, 6.07) is 6.28. The van der Waals surface area contributed by atoms with Crippen molar-refractivity contribution in [2.45, 2.75) is 13.0 Å². The molecule has 0 spiro atoms. The van der Waals surface area contributed by atoms with Gasteiger partial charge in [-0.15, -0.1) is 0 Å². The van der Waals surface area contributed by atoms with Gasteiger partial charge in [0.05, 0.1) is 19.7 Å². The zero-order valence-corrected chi connectivity index (χ0v) is 10.7. The summed E-state index contributed by atoms with van der Waals surface area (Å²) in [5, 5.41) is 8.68. The second-order valence-corrected chi connectivity index (χ2v) is 4.08. The number of likely N-dealkylation sites (N-methyl/N-ethyl adjacent to an activating group) is 1. The summed E-state index contributed by atoms with van der Waals surface area (Å²) in [5.41, 5.74) is 0.542. The third-order valence-electron chi connectivity index (χ3n) is 2.80. The number of carboxylic acids is 1. The Bertz CT molecular complexity index is 427. The molecule has 0 fully saturated rings. The third kappa shape index (κ3) is 3.56. The number of hydrogen-bond donors (Lipinski definition) is 1. The minimum absolute atomic E-state index is 0.110. The number of ether oxygens (including phenoxy) is 1. The molecule has 1 N–H and O–H groups in total. The largest absolute Gasteiger partial charge is 0.497 e. The highest BCUT2D eigenvalue weighted by Gasteiger charge is 2.21. The lowest BCUT2D eigenvalue weighted by Crippen LogP contribution is -2.39. The Hall–Kier alpha value is -1.88. The van der Waals surface area contributed by atoms with Crippen molar-refractivity contribution in [1.82, 2.24) is 4.90 Å². The van der Waals surface area contributed by atoms with E-state index in [2.05, 4.69) is 0 Å². The van der Waals surface area contributed by atoms with Gasteiger partial charge in [-0.2, -0.15) is 0 Å². The lowest BCUT2D eigenvalue weighted by Gasteiger charge is -2.21. The van der Waals surface area contributed by atoms with E-state index in [4.69, 9.17) is 9.84 Å². The number of nitrogens with zero attached hydrogens (tertiary/aromatic N) is 1. The highest BCUT2D eigenvalue weighted by Crippen LogP contribution is 2.14. The van der Waals surface area contributed by atoms with Crippen LogP contribution in [-0.4, -0.2) is 48.5 Å². The summed E-state index contributed by atoms with van der Waals surface area (Å²) >= 11 is 0. The Morgan fingerprint density at radius 1 is 1.33 bits per heavy atom. The van der Waals surface area contributed by atoms with E-state index in [1.807, 2.05) is 0 Å². The molecule has 0 aliphatic rings. The second-order valence-electron chi connectivity index (χ2n) is 4.08. The quantitative estimate of drug-likeness (QED) is 0.771. The molecule has 0 heterocycles. The van der Waals surface area contributed by atoms with E-state index in [1.54, 1.807) is 45.3 Å². The number of methoxy groups -OCH3 is 1.